The minimum atomic E-state index is -0.0360. The smallest absolute Gasteiger partial charge is 0.135 e. The van der Waals surface area contributed by atoms with Crippen molar-refractivity contribution in [1.29, 1.82) is 0 Å². The monoisotopic (exact) mass is 1100 g/mol. The molecule has 3 aromatic heterocycles. The number of anilines is 4. The van der Waals surface area contributed by atoms with Crippen molar-refractivity contribution in [3.05, 3.63) is 230 Å². The zero-order chi connectivity index (χ0) is 46.3. The van der Waals surface area contributed by atoms with Gasteiger partial charge in [0.2, 0.25) is 0 Å². The molecule has 10 aromatic rings. The van der Waals surface area contributed by atoms with Crippen molar-refractivity contribution in [1.82, 2.24) is 14.5 Å². The predicted molar refractivity (Wildman–Crippen MR) is 282 cm³/mol. The number of nitrogens with zero attached hydrogens (tertiary/aromatic N) is 5. The maximum Gasteiger partial charge on any atom is 0.135 e. The van der Waals surface area contributed by atoms with E-state index in [0.717, 1.165) is 84.6 Å². The van der Waals surface area contributed by atoms with E-state index in [0.29, 0.717) is 23.3 Å². The molecule has 7 heteroatoms. The number of hydrogen-bond donors (Lipinski definition) is 0. The number of rotatable bonds is 9. The number of fused-ring (bicyclic) bond motifs is 4. The number of para-hydroxylation sites is 2. The van der Waals surface area contributed by atoms with Gasteiger partial charge < -0.3 is 19.1 Å². The van der Waals surface area contributed by atoms with E-state index in [1.807, 2.05) is 30.5 Å². The summed E-state index contributed by atoms with van der Waals surface area (Å²) in [7, 11) is 0. The molecule has 0 saturated heterocycles. The molecule has 4 aliphatic carbocycles. The van der Waals surface area contributed by atoms with Gasteiger partial charge in [-0.15, -0.1) is 42.4 Å². The number of ether oxygens (including phenoxy) is 1. The van der Waals surface area contributed by atoms with Gasteiger partial charge in [-0.25, -0.2) is 9.97 Å². The summed E-state index contributed by atoms with van der Waals surface area (Å²) in [4.78, 5) is 14.5. The van der Waals surface area contributed by atoms with E-state index >= 15 is 0 Å². The molecule has 7 aromatic carbocycles. The van der Waals surface area contributed by atoms with Crippen LogP contribution in [0.15, 0.2) is 194 Å². The molecule has 350 valence electrons. The van der Waals surface area contributed by atoms with E-state index in [4.69, 9.17) is 14.7 Å². The van der Waals surface area contributed by atoms with Gasteiger partial charge in [0, 0.05) is 72.7 Å². The Labute approximate surface area is 429 Å². The fraction of sp³-hybridized carbons (Fsp3) is 0.172. The molecule has 4 bridgehead atoms. The van der Waals surface area contributed by atoms with Crippen molar-refractivity contribution < 1.29 is 25.8 Å². The summed E-state index contributed by atoms with van der Waals surface area (Å²) in [6.45, 7) is 4.33. The van der Waals surface area contributed by atoms with Crippen LogP contribution in [0.5, 0.6) is 11.5 Å². The van der Waals surface area contributed by atoms with Crippen LogP contribution in [0.3, 0.4) is 0 Å². The number of pyridine rings is 2. The number of aromatic nitrogens is 3. The number of aryl methyl sites for hydroxylation is 1. The molecule has 0 amide bonds. The standard InChI is InChI=1S/C64H50N5O.Pt/c1-42-24-26-47(27-25-42)64(49-34-43-33-44(36-49)37-50(64)35-43)48-30-32-65-61(38-48)69-58-22-9-8-19-56(58)57-29-28-53(40-60(57)69)70-52-18-10-17-51(39-52)67-41-68(59-23-12-31-66-63(59)67)62-54(45-13-4-2-5-14-45)20-11-21-55(62)46-15-6-3-7-16-46;/h2-32,38,41,43-44,49-50H,33-37H2,1H3;/q-3;. The fourth-order valence-corrected chi connectivity index (χ4v) is 13.4. The Kier molecular flexibility index (Phi) is 10.8. The van der Waals surface area contributed by atoms with Crippen molar-refractivity contribution in [2.24, 2.45) is 23.7 Å². The van der Waals surface area contributed by atoms with Crippen LogP contribution in [0.25, 0.3) is 49.9 Å². The average Bonchev–Trinajstić information content (AvgIpc) is 3.95. The normalized spacial score (nSPS) is 20.9. The maximum atomic E-state index is 6.77. The summed E-state index contributed by atoms with van der Waals surface area (Å²) < 4.78 is 9.07. The average molecular weight is 1100 g/mol. The van der Waals surface area contributed by atoms with Crippen LogP contribution >= 0.6 is 0 Å². The van der Waals surface area contributed by atoms with E-state index in [1.165, 1.54) is 48.8 Å². The minimum absolute atomic E-state index is 0. The molecular weight excluding hydrogens is 1050 g/mol. The molecular formula is C64H50N5OPt-3. The zero-order valence-corrected chi connectivity index (χ0v) is 41.6. The van der Waals surface area contributed by atoms with Crippen molar-refractivity contribution in [2.45, 2.75) is 44.4 Å². The van der Waals surface area contributed by atoms with Crippen LogP contribution < -0.4 is 14.5 Å². The van der Waals surface area contributed by atoms with Gasteiger partial charge in [0.25, 0.3) is 0 Å². The first-order chi connectivity index (χ1) is 34.6. The molecule has 1 aliphatic heterocycles. The van der Waals surface area contributed by atoms with Gasteiger partial charge >= 0.3 is 0 Å². The Hall–Kier alpha value is -7.27. The van der Waals surface area contributed by atoms with Gasteiger partial charge in [-0.2, -0.15) is 12.1 Å². The van der Waals surface area contributed by atoms with Crippen LogP contribution in [0.2, 0.25) is 0 Å². The Morgan fingerprint density at radius 1 is 0.563 bits per heavy atom. The number of benzene rings is 7. The van der Waals surface area contributed by atoms with Gasteiger partial charge in [0.1, 0.15) is 11.6 Å². The molecule has 4 heterocycles. The summed E-state index contributed by atoms with van der Waals surface area (Å²) in [6.07, 6.45) is 10.6. The molecule has 4 fully saturated rings. The SMILES string of the molecule is Cc1ccc(C2(c3ccnc(-n4c5[c-]c(Oc6[c-]c(N7[CH-]N(c8c(-c9ccccc9)cccc8-c8ccccc8)c8cccnc87)ccc6)ccc5c5ccccc54)c3)C3CC4CC(C3)CC2C4)cc1.[Pt]. The first kappa shape index (κ1) is 43.7. The van der Waals surface area contributed by atoms with E-state index in [-0.39, 0.29) is 26.5 Å². The van der Waals surface area contributed by atoms with Crippen molar-refractivity contribution in [2.75, 3.05) is 9.80 Å². The van der Waals surface area contributed by atoms with Gasteiger partial charge in [0.15, 0.2) is 0 Å². The Balaban J connectivity index is 0.00000492. The molecule has 0 N–H and O–H groups in total. The first-order valence-electron chi connectivity index (χ1n) is 24.9. The second-order valence-corrected chi connectivity index (χ2v) is 20.0. The first-order valence-corrected chi connectivity index (χ1v) is 24.9. The minimum Gasteiger partial charge on any atom is -0.509 e. The molecule has 0 spiro atoms. The Bertz CT molecular complexity index is 3520. The molecule has 0 atom stereocenters. The van der Waals surface area contributed by atoms with Crippen molar-refractivity contribution in [3.8, 4) is 39.6 Å². The summed E-state index contributed by atoms with van der Waals surface area (Å²) in [5, 5.41) is 2.27. The third kappa shape index (κ3) is 7.16. The van der Waals surface area contributed by atoms with E-state index < -0.39 is 0 Å². The molecule has 5 aliphatic rings. The van der Waals surface area contributed by atoms with Gasteiger partial charge in [-0.05, 0) is 121 Å². The Morgan fingerprint density at radius 3 is 1.97 bits per heavy atom. The number of hydrogen-bond acceptors (Lipinski definition) is 5. The fourth-order valence-electron chi connectivity index (χ4n) is 13.4. The van der Waals surface area contributed by atoms with Gasteiger partial charge in [-0.1, -0.05) is 138 Å². The molecule has 15 rings (SSSR count). The van der Waals surface area contributed by atoms with Crippen LogP contribution in [0.4, 0.5) is 22.9 Å². The van der Waals surface area contributed by atoms with Gasteiger partial charge in [-0.3, -0.25) is 0 Å². The molecule has 71 heavy (non-hydrogen) atoms. The van der Waals surface area contributed by atoms with Crippen LogP contribution in [-0.4, -0.2) is 14.5 Å². The second-order valence-electron chi connectivity index (χ2n) is 20.0. The van der Waals surface area contributed by atoms with E-state index in [2.05, 4.69) is 204 Å². The van der Waals surface area contributed by atoms with Crippen LogP contribution in [0.1, 0.15) is 48.8 Å². The summed E-state index contributed by atoms with van der Waals surface area (Å²) in [6, 6.07) is 72.4. The summed E-state index contributed by atoms with van der Waals surface area (Å²) in [5.74, 6) is 5.87. The van der Waals surface area contributed by atoms with Crippen LogP contribution in [-0.2, 0) is 26.5 Å². The third-order valence-corrected chi connectivity index (χ3v) is 16.1. The van der Waals surface area contributed by atoms with Crippen LogP contribution in [0, 0.1) is 49.4 Å². The maximum absolute atomic E-state index is 6.77. The van der Waals surface area contributed by atoms with Crippen molar-refractivity contribution >= 4 is 44.7 Å². The quantitative estimate of drug-likeness (QED) is 0.135. The Morgan fingerprint density at radius 2 is 1.24 bits per heavy atom. The van der Waals surface area contributed by atoms with E-state index in [1.54, 1.807) is 0 Å². The van der Waals surface area contributed by atoms with Crippen molar-refractivity contribution in [3.63, 3.8) is 0 Å². The van der Waals surface area contributed by atoms with Gasteiger partial charge in [0.05, 0.1) is 5.69 Å². The second kappa shape index (κ2) is 17.5. The summed E-state index contributed by atoms with van der Waals surface area (Å²) >= 11 is 0. The van der Waals surface area contributed by atoms with E-state index in [9.17, 15) is 0 Å². The molecule has 6 nitrogen and oxygen atoms in total. The molecule has 4 saturated carbocycles. The third-order valence-electron chi connectivity index (χ3n) is 16.1. The molecule has 0 unspecified atom stereocenters. The topological polar surface area (TPSA) is 46.4 Å². The zero-order valence-electron chi connectivity index (χ0n) is 39.4. The predicted octanol–water partition coefficient (Wildman–Crippen LogP) is 15.8. The summed E-state index contributed by atoms with van der Waals surface area (Å²) in [5.41, 5.74) is 13.6. The largest absolute Gasteiger partial charge is 0.509 e. The molecule has 0 radical (unpaired) electrons.